The summed E-state index contributed by atoms with van der Waals surface area (Å²) >= 11 is 0. The van der Waals surface area contributed by atoms with Gasteiger partial charge < -0.3 is 15.3 Å². The van der Waals surface area contributed by atoms with Crippen LogP contribution >= 0.6 is 0 Å². The van der Waals surface area contributed by atoms with Gasteiger partial charge in [-0.25, -0.2) is 0 Å². The molecular formula is C24H40O4. The van der Waals surface area contributed by atoms with Gasteiger partial charge >= 0.3 is 0 Å². The van der Waals surface area contributed by atoms with Crippen molar-refractivity contribution in [2.75, 3.05) is 6.61 Å². The Balaban J connectivity index is 1.63. The Morgan fingerprint density at radius 3 is 2.61 bits per heavy atom. The summed E-state index contributed by atoms with van der Waals surface area (Å²) in [6.07, 6.45) is 7.15. The minimum Gasteiger partial charge on any atom is -0.396 e. The molecule has 0 aromatic carbocycles. The van der Waals surface area contributed by atoms with Crippen molar-refractivity contribution < 1.29 is 20.1 Å². The zero-order valence-corrected chi connectivity index (χ0v) is 17.9. The van der Waals surface area contributed by atoms with Gasteiger partial charge in [0.15, 0.2) is 0 Å². The highest BCUT2D eigenvalue weighted by atomic mass is 16.3. The summed E-state index contributed by atoms with van der Waals surface area (Å²) in [7, 11) is 0. The van der Waals surface area contributed by atoms with E-state index in [2.05, 4.69) is 20.8 Å². The molecule has 0 saturated heterocycles. The van der Waals surface area contributed by atoms with Gasteiger partial charge in [-0.3, -0.25) is 4.79 Å². The molecule has 4 aliphatic rings. The Morgan fingerprint density at radius 2 is 1.89 bits per heavy atom. The van der Waals surface area contributed by atoms with Crippen molar-refractivity contribution in [2.24, 2.45) is 46.3 Å². The van der Waals surface area contributed by atoms with Crippen molar-refractivity contribution in [2.45, 2.75) is 90.8 Å². The third kappa shape index (κ3) is 2.93. The van der Waals surface area contributed by atoms with E-state index < -0.39 is 0 Å². The fraction of sp³-hybridized carbons (Fsp3) is 0.958. The predicted molar refractivity (Wildman–Crippen MR) is 108 cm³/mol. The van der Waals surface area contributed by atoms with Gasteiger partial charge in [-0.1, -0.05) is 20.8 Å². The highest BCUT2D eigenvalue weighted by molar-refractivity contribution is 5.79. The molecule has 0 amide bonds. The first-order chi connectivity index (χ1) is 13.2. The molecule has 4 nitrogen and oxygen atoms in total. The van der Waals surface area contributed by atoms with Crippen molar-refractivity contribution in [1.82, 2.24) is 0 Å². The minimum absolute atomic E-state index is 0.0840. The lowest BCUT2D eigenvalue weighted by molar-refractivity contribution is -0.201. The first kappa shape index (κ1) is 20.8. The molecular weight excluding hydrogens is 352 g/mol. The van der Waals surface area contributed by atoms with E-state index in [0.29, 0.717) is 42.3 Å². The van der Waals surface area contributed by atoms with Gasteiger partial charge in [0.05, 0.1) is 12.2 Å². The van der Waals surface area contributed by atoms with Crippen LogP contribution in [0.3, 0.4) is 0 Å². The monoisotopic (exact) mass is 392 g/mol. The van der Waals surface area contributed by atoms with Crippen molar-refractivity contribution in [3.05, 3.63) is 0 Å². The fourth-order valence-corrected chi connectivity index (χ4v) is 8.56. The van der Waals surface area contributed by atoms with Crippen LogP contribution in [0.2, 0.25) is 0 Å². The molecule has 0 spiro atoms. The Hall–Kier alpha value is -0.450. The Labute approximate surface area is 170 Å². The van der Waals surface area contributed by atoms with Gasteiger partial charge in [-0.05, 0) is 91.3 Å². The van der Waals surface area contributed by atoms with Crippen LogP contribution in [0.25, 0.3) is 0 Å². The second kappa shape index (κ2) is 7.35. The number of hydrogen-bond acceptors (Lipinski definition) is 4. The lowest BCUT2D eigenvalue weighted by Crippen LogP contribution is -2.62. The minimum atomic E-state index is -0.336. The number of Topliss-reactive ketones (excluding diaryl/α,β-unsaturated/α-hetero) is 1. The topological polar surface area (TPSA) is 77.8 Å². The van der Waals surface area contributed by atoms with Crippen LogP contribution in [0, 0.1) is 46.3 Å². The molecule has 0 heterocycles. The number of aliphatic hydroxyl groups is 3. The Kier molecular flexibility index (Phi) is 5.46. The summed E-state index contributed by atoms with van der Waals surface area (Å²) in [4.78, 5) is 12.1. The molecule has 0 aromatic rings. The van der Waals surface area contributed by atoms with E-state index in [0.717, 1.165) is 44.9 Å². The van der Waals surface area contributed by atoms with E-state index >= 15 is 0 Å². The van der Waals surface area contributed by atoms with Crippen molar-refractivity contribution in [1.29, 1.82) is 0 Å². The average molecular weight is 393 g/mol. The summed E-state index contributed by atoms with van der Waals surface area (Å²) < 4.78 is 0. The van der Waals surface area contributed by atoms with Gasteiger partial charge in [0.25, 0.3) is 0 Å². The standard InChI is InChI=1S/C24H40O4/c1-14(5-4-10-25)17-6-7-18-22-19(13-21(28)24(17,18)3)23(2)9-8-16(26)11-15(23)12-20(22)27/h14-15,17-22,25,27-28H,4-13H2,1-3H3/t14-,15-,17-,18+,19?,20-,21+,22+,23+,24-/m0/s1. The molecule has 0 aromatic heterocycles. The highest BCUT2D eigenvalue weighted by Crippen LogP contribution is 2.68. The average Bonchev–Trinajstić information content (AvgIpc) is 3.01. The van der Waals surface area contributed by atoms with Gasteiger partial charge in [-0.2, -0.15) is 0 Å². The lowest BCUT2D eigenvalue weighted by atomic mass is 9.43. The second-order valence-corrected chi connectivity index (χ2v) is 11.2. The van der Waals surface area contributed by atoms with Gasteiger partial charge in [-0.15, -0.1) is 0 Å². The third-order valence-electron chi connectivity index (χ3n) is 10.2. The number of carbonyl (C=O) groups excluding carboxylic acids is 1. The van der Waals surface area contributed by atoms with Crippen molar-refractivity contribution >= 4 is 5.78 Å². The largest absolute Gasteiger partial charge is 0.396 e. The van der Waals surface area contributed by atoms with Gasteiger partial charge in [0.1, 0.15) is 5.78 Å². The molecule has 0 radical (unpaired) electrons. The maximum absolute atomic E-state index is 12.1. The Bertz CT molecular complexity index is 605. The van der Waals surface area contributed by atoms with Gasteiger partial charge in [0.2, 0.25) is 0 Å². The first-order valence-electron chi connectivity index (χ1n) is 11.7. The van der Waals surface area contributed by atoms with Crippen LogP contribution in [-0.2, 0) is 4.79 Å². The molecule has 4 heteroatoms. The zero-order valence-electron chi connectivity index (χ0n) is 17.9. The van der Waals surface area contributed by atoms with E-state index in [-0.39, 0.29) is 41.5 Å². The molecule has 10 atom stereocenters. The summed E-state index contributed by atoms with van der Waals surface area (Å²) in [5.41, 5.74) is -0.0502. The van der Waals surface area contributed by atoms with Crippen LogP contribution in [0.15, 0.2) is 0 Å². The van der Waals surface area contributed by atoms with Crippen LogP contribution in [0.5, 0.6) is 0 Å². The van der Waals surface area contributed by atoms with Crippen LogP contribution in [0.1, 0.15) is 78.6 Å². The SMILES string of the molecule is C[C@@H](CCCO)[C@@H]1CC[C@@H]2[C@@H]3C(C[C@@H](O)[C@]21C)[C@]1(C)CCC(=O)C[C@H]1C[C@@H]3O. The number of carbonyl (C=O) groups is 1. The molecule has 0 bridgehead atoms. The summed E-state index contributed by atoms with van der Waals surface area (Å²) in [5, 5.41) is 31.9. The molecule has 4 rings (SSSR count). The van der Waals surface area contributed by atoms with E-state index in [1.165, 1.54) is 0 Å². The van der Waals surface area contributed by atoms with E-state index in [4.69, 9.17) is 0 Å². The first-order valence-corrected chi connectivity index (χ1v) is 11.7. The zero-order chi connectivity index (χ0) is 20.3. The molecule has 28 heavy (non-hydrogen) atoms. The van der Waals surface area contributed by atoms with E-state index in [9.17, 15) is 20.1 Å². The molecule has 0 aliphatic heterocycles. The predicted octanol–water partition coefficient (Wildman–Crippen LogP) is 3.56. The number of ketones is 1. The summed E-state index contributed by atoms with van der Waals surface area (Å²) in [6.45, 7) is 7.16. The molecule has 3 N–H and O–H groups in total. The molecule has 1 unspecified atom stereocenters. The van der Waals surface area contributed by atoms with Crippen LogP contribution < -0.4 is 0 Å². The second-order valence-electron chi connectivity index (χ2n) is 11.2. The summed E-state index contributed by atoms with van der Waals surface area (Å²) in [5.74, 6) is 2.55. The number of rotatable bonds is 4. The van der Waals surface area contributed by atoms with E-state index in [1.807, 2.05) is 0 Å². The number of aliphatic hydroxyl groups excluding tert-OH is 3. The molecule has 4 saturated carbocycles. The van der Waals surface area contributed by atoms with Gasteiger partial charge in [0, 0.05) is 19.4 Å². The maximum Gasteiger partial charge on any atom is 0.133 e. The lowest BCUT2D eigenvalue weighted by Gasteiger charge is -2.63. The maximum atomic E-state index is 12.1. The molecule has 4 fully saturated rings. The smallest absolute Gasteiger partial charge is 0.133 e. The number of fused-ring (bicyclic) bond motifs is 5. The Morgan fingerprint density at radius 1 is 1.14 bits per heavy atom. The fourth-order valence-electron chi connectivity index (χ4n) is 8.56. The highest BCUT2D eigenvalue weighted by Gasteiger charge is 2.65. The number of hydrogen-bond donors (Lipinski definition) is 3. The molecule has 4 aliphatic carbocycles. The quantitative estimate of drug-likeness (QED) is 0.683. The van der Waals surface area contributed by atoms with E-state index in [1.54, 1.807) is 0 Å². The third-order valence-corrected chi connectivity index (χ3v) is 10.2. The van der Waals surface area contributed by atoms with Crippen LogP contribution in [0.4, 0.5) is 0 Å². The molecule has 160 valence electrons. The summed E-state index contributed by atoms with van der Waals surface area (Å²) in [6, 6.07) is 0. The van der Waals surface area contributed by atoms with Crippen LogP contribution in [-0.4, -0.2) is 39.9 Å². The normalized spacial score (nSPS) is 51.9. The van der Waals surface area contributed by atoms with Crippen molar-refractivity contribution in [3.63, 3.8) is 0 Å². The van der Waals surface area contributed by atoms with Crippen molar-refractivity contribution in [3.8, 4) is 0 Å².